The van der Waals surface area contributed by atoms with Crippen molar-refractivity contribution in [3.8, 4) is 0 Å². The van der Waals surface area contributed by atoms with Gasteiger partial charge >= 0.3 is 0 Å². The van der Waals surface area contributed by atoms with Crippen LogP contribution in [0.1, 0.15) is 25.8 Å². The van der Waals surface area contributed by atoms with Gasteiger partial charge in [-0.3, -0.25) is 9.78 Å². The Morgan fingerprint density at radius 1 is 1.12 bits per heavy atom. The van der Waals surface area contributed by atoms with Crippen LogP contribution in [0.3, 0.4) is 0 Å². The predicted octanol–water partition coefficient (Wildman–Crippen LogP) is 3.04. The summed E-state index contributed by atoms with van der Waals surface area (Å²) in [6.45, 7) is 6.17. The lowest BCUT2D eigenvalue weighted by molar-refractivity contribution is -0.135. The highest BCUT2D eigenvalue weighted by Gasteiger charge is 2.39. The zero-order valence-electron chi connectivity index (χ0n) is 14.8. The maximum absolute atomic E-state index is 13.4. The fraction of sp³-hybridized carbons (Fsp3) is 0.450. The number of fused-ring (bicyclic) bond motifs is 1. The number of amides is 1. The molecule has 5 nitrogen and oxygen atoms in total. The Labute approximate surface area is 148 Å². The summed E-state index contributed by atoms with van der Waals surface area (Å²) in [7, 11) is 0. The number of carbonyl (C=O) groups is 1. The van der Waals surface area contributed by atoms with Gasteiger partial charge < -0.3 is 9.80 Å². The number of hydrogen-bond donors (Lipinski definition) is 0. The lowest BCUT2D eigenvalue weighted by Crippen LogP contribution is -2.50. The van der Waals surface area contributed by atoms with Crippen LogP contribution in [0, 0.1) is 11.8 Å². The molecule has 0 aliphatic carbocycles. The predicted molar refractivity (Wildman–Crippen MR) is 97.6 cm³/mol. The number of benzene rings is 1. The van der Waals surface area contributed by atoms with Crippen LogP contribution >= 0.6 is 0 Å². The number of nitrogens with zero attached hydrogens (tertiary/aromatic N) is 4. The molecule has 0 bridgehead atoms. The van der Waals surface area contributed by atoms with E-state index in [1.807, 2.05) is 12.1 Å². The Balaban J connectivity index is 1.67. The third-order valence-corrected chi connectivity index (χ3v) is 5.24. The van der Waals surface area contributed by atoms with Gasteiger partial charge in [-0.05, 0) is 29.9 Å². The molecule has 2 aliphatic rings. The highest BCUT2D eigenvalue weighted by molar-refractivity contribution is 5.91. The Morgan fingerprint density at radius 3 is 2.60 bits per heavy atom. The fourth-order valence-electron chi connectivity index (χ4n) is 4.34. The minimum atomic E-state index is -0.230. The van der Waals surface area contributed by atoms with Crippen LogP contribution in [-0.2, 0) is 11.2 Å². The molecule has 2 aromatic rings. The summed E-state index contributed by atoms with van der Waals surface area (Å²) in [6.07, 6.45) is 7.01. The van der Waals surface area contributed by atoms with Gasteiger partial charge in [0.2, 0.25) is 5.91 Å². The monoisotopic (exact) mass is 336 g/mol. The van der Waals surface area contributed by atoms with E-state index in [9.17, 15) is 4.79 Å². The van der Waals surface area contributed by atoms with Crippen molar-refractivity contribution in [1.82, 2.24) is 14.9 Å². The molecule has 1 aromatic heterocycles. The van der Waals surface area contributed by atoms with Gasteiger partial charge in [-0.1, -0.05) is 32.0 Å². The van der Waals surface area contributed by atoms with Gasteiger partial charge in [0.05, 0.1) is 6.20 Å². The van der Waals surface area contributed by atoms with Crippen LogP contribution in [-0.4, -0.2) is 39.9 Å². The van der Waals surface area contributed by atoms with Crippen molar-refractivity contribution in [2.24, 2.45) is 11.8 Å². The second-order valence-corrected chi connectivity index (χ2v) is 7.47. The van der Waals surface area contributed by atoms with E-state index in [0.717, 1.165) is 31.0 Å². The third-order valence-electron chi connectivity index (χ3n) is 5.24. The summed E-state index contributed by atoms with van der Waals surface area (Å²) in [5.74, 6) is 2.06. The van der Waals surface area contributed by atoms with Gasteiger partial charge in [0.25, 0.3) is 0 Å². The summed E-state index contributed by atoms with van der Waals surface area (Å²) in [5.41, 5.74) is 2.27. The summed E-state index contributed by atoms with van der Waals surface area (Å²) < 4.78 is 0. The molecule has 0 spiro atoms. The maximum Gasteiger partial charge on any atom is 0.246 e. The molecular formula is C20H24N4O. The van der Waals surface area contributed by atoms with Crippen molar-refractivity contribution >= 4 is 17.4 Å². The first-order chi connectivity index (χ1) is 12.1. The summed E-state index contributed by atoms with van der Waals surface area (Å²) in [6, 6.07) is 7.99. The third kappa shape index (κ3) is 2.99. The van der Waals surface area contributed by atoms with Gasteiger partial charge in [0.15, 0.2) is 5.82 Å². The SMILES string of the molecule is CC1CC(C)CN(C(=O)[C@@H]2Cc3ccccc3N2c2cnccn2)C1. The van der Waals surface area contributed by atoms with Crippen LogP contribution in [0.15, 0.2) is 42.9 Å². The highest BCUT2D eigenvalue weighted by Crippen LogP contribution is 2.38. The first-order valence-electron chi connectivity index (χ1n) is 9.05. The zero-order chi connectivity index (χ0) is 17.4. The number of likely N-dealkylation sites (tertiary alicyclic amines) is 1. The van der Waals surface area contributed by atoms with Crippen molar-refractivity contribution in [3.63, 3.8) is 0 Å². The van der Waals surface area contributed by atoms with Gasteiger partial charge in [-0.25, -0.2) is 4.98 Å². The molecule has 2 unspecified atom stereocenters. The largest absolute Gasteiger partial charge is 0.340 e. The zero-order valence-corrected chi connectivity index (χ0v) is 14.8. The van der Waals surface area contributed by atoms with Crippen molar-refractivity contribution in [1.29, 1.82) is 0 Å². The normalized spacial score (nSPS) is 25.8. The molecule has 1 fully saturated rings. The van der Waals surface area contributed by atoms with Crippen LogP contribution in [0.4, 0.5) is 11.5 Å². The number of aromatic nitrogens is 2. The van der Waals surface area contributed by atoms with E-state index in [-0.39, 0.29) is 11.9 Å². The van der Waals surface area contributed by atoms with E-state index in [1.165, 1.54) is 12.0 Å². The standard InChI is InChI=1S/C20H24N4O/c1-14-9-15(2)13-23(12-14)20(25)18-10-16-5-3-4-6-17(16)24(18)19-11-21-7-8-22-19/h3-8,11,14-15,18H,9-10,12-13H2,1-2H3/t14?,15?,18-/m0/s1. The van der Waals surface area contributed by atoms with E-state index in [4.69, 9.17) is 0 Å². The summed E-state index contributed by atoms with van der Waals surface area (Å²) in [4.78, 5) is 26.2. The van der Waals surface area contributed by atoms with E-state index in [0.29, 0.717) is 11.8 Å². The quantitative estimate of drug-likeness (QED) is 0.846. The van der Waals surface area contributed by atoms with Crippen LogP contribution in [0.5, 0.6) is 0 Å². The Morgan fingerprint density at radius 2 is 1.88 bits per heavy atom. The average molecular weight is 336 g/mol. The Bertz CT molecular complexity index is 753. The maximum atomic E-state index is 13.4. The molecular weight excluding hydrogens is 312 g/mol. The number of para-hydroxylation sites is 1. The van der Waals surface area contributed by atoms with Crippen LogP contribution < -0.4 is 4.90 Å². The van der Waals surface area contributed by atoms with Gasteiger partial charge in [0.1, 0.15) is 6.04 Å². The molecule has 0 saturated carbocycles. The van der Waals surface area contributed by atoms with Gasteiger partial charge in [-0.15, -0.1) is 0 Å². The molecule has 25 heavy (non-hydrogen) atoms. The molecule has 0 N–H and O–H groups in total. The summed E-state index contributed by atoms with van der Waals surface area (Å²) in [5, 5.41) is 0. The minimum absolute atomic E-state index is 0.209. The van der Waals surface area contributed by atoms with E-state index in [1.54, 1.807) is 18.6 Å². The number of hydrogen-bond acceptors (Lipinski definition) is 4. The molecule has 5 heteroatoms. The van der Waals surface area contributed by atoms with Crippen LogP contribution in [0.2, 0.25) is 0 Å². The number of rotatable bonds is 2. The molecule has 3 atom stereocenters. The molecule has 1 aromatic carbocycles. The highest BCUT2D eigenvalue weighted by atomic mass is 16.2. The molecule has 1 amide bonds. The number of piperidine rings is 1. The summed E-state index contributed by atoms with van der Waals surface area (Å²) >= 11 is 0. The van der Waals surface area contributed by atoms with Crippen molar-refractivity contribution in [3.05, 3.63) is 48.4 Å². The Hall–Kier alpha value is -2.43. The Kier molecular flexibility index (Phi) is 4.15. The van der Waals surface area contributed by atoms with E-state index in [2.05, 4.69) is 45.7 Å². The number of carbonyl (C=O) groups excluding carboxylic acids is 1. The second kappa shape index (κ2) is 6.47. The van der Waals surface area contributed by atoms with E-state index >= 15 is 0 Å². The van der Waals surface area contributed by atoms with E-state index < -0.39 is 0 Å². The molecule has 4 rings (SSSR count). The van der Waals surface area contributed by atoms with Crippen molar-refractivity contribution in [2.75, 3.05) is 18.0 Å². The lowest BCUT2D eigenvalue weighted by atomic mass is 9.91. The molecule has 130 valence electrons. The molecule has 0 radical (unpaired) electrons. The molecule has 3 heterocycles. The fourth-order valence-corrected chi connectivity index (χ4v) is 4.34. The van der Waals surface area contributed by atoms with Crippen LogP contribution in [0.25, 0.3) is 0 Å². The smallest absolute Gasteiger partial charge is 0.246 e. The lowest BCUT2D eigenvalue weighted by Gasteiger charge is -2.38. The first kappa shape index (κ1) is 16.1. The molecule has 2 aliphatic heterocycles. The van der Waals surface area contributed by atoms with Crippen molar-refractivity contribution in [2.45, 2.75) is 32.7 Å². The molecule has 1 saturated heterocycles. The topological polar surface area (TPSA) is 49.3 Å². The average Bonchev–Trinajstić information content (AvgIpc) is 3.00. The second-order valence-electron chi connectivity index (χ2n) is 7.47. The van der Waals surface area contributed by atoms with Gasteiger partial charge in [-0.2, -0.15) is 0 Å². The van der Waals surface area contributed by atoms with Crippen molar-refractivity contribution < 1.29 is 4.79 Å². The minimum Gasteiger partial charge on any atom is -0.340 e. The number of anilines is 2. The van der Waals surface area contributed by atoms with Gasteiger partial charge in [0, 0.05) is 37.6 Å². The first-order valence-corrected chi connectivity index (χ1v) is 9.05.